The highest BCUT2D eigenvalue weighted by Gasteiger charge is 2.34. The van der Waals surface area contributed by atoms with Crippen LogP contribution in [0.25, 0.3) is 11.0 Å². The molecule has 1 fully saturated rings. The number of halogens is 1. The first kappa shape index (κ1) is 24.1. The number of hydrogen-bond donors (Lipinski definition) is 1. The molecule has 1 aromatic heterocycles. The molecule has 1 aliphatic heterocycles. The number of methoxy groups -OCH3 is 1. The molecule has 1 saturated carbocycles. The molecular formula is C27H31FN4O4. The van der Waals surface area contributed by atoms with Crippen LogP contribution in [-0.2, 0) is 16.0 Å². The molecule has 1 atom stereocenters. The number of rotatable bonds is 4. The van der Waals surface area contributed by atoms with Crippen LogP contribution in [0.2, 0.25) is 0 Å². The Morgan fingerprint density at radius 2 is 1.78 bits per heavy atom. The van der Waals surface area contributed by atoms with Crippen molar-refractivity contribution < 1.29 is 23.8 Å². The molecule has 9 heteroatoms. The highest BCUT2D eigenvalue weighted by atomic mass is 19.1. The minimum Gasteiger partial charge on any atom is -0.481 e. The van der Waals surface area contributed by atoms with Crippen LogP contribution in [0.3, 0.4) is 0 Å². The predicted molar refractivity (Wildman–Crippen MR) is 135 cm³/mol. The molecule has 0 bridgehead atoms. The van der Waals surface area contributed by atoms with Crippen molar-refractivity contribution in [1.82, 2.24) is 9.55 Å². The number of aryl methyl sites for hydroxylation is 1. The van der Waals surface area contributed by atoms with E-state index in [0.29, 0.717) is 18.8 Å². The van der Waals surface area contributed by atoms with E-state index in [9.17, 15) is 19.1 Å². The number of anilines is 3. The normalized spacial score (nSPS) is 21.8. The molecule has 36 heavy (non-hydrogen) atoms. The second-order valence-corrected chi connectivity index (χ2v) is 9.82. The van der Waals surface area contributed by atoms with Crippen LogP contribution in [0.4, 0.5) is 26.5 Å². The Morgan fingerprint density at radius 1 is 1.08 bits per heavy atom. The van der Waals surface area contributed by atoms with Crippen LogP contribution in [0.15, 0.2) is 36.4 Å². The van der Waals surface area contributed by atoms with Gasteiger partial charge in [0.2, 0.25) is 5.95 Å². The number of benzene rings is 2. The fourth-order valence-corrected chi connectivity index (χ4v) is 5.72. The molecule has 0 radical (unpaired) electrons. The first-order valence-electron chi connectivity index (χ1n) is 12.4. The first-order chi connectivity index (χ1) is 17.3. The van der Waals surface area contributed by atoms with Crippen molar-refractivity contribution in [3.8, 4) is 0 Å². The van der Waals surface area contributed by atoms with Crippen LogP contribution >= 0.6 is 0 Å². The summed E-state index contributed by atoms with van der Waals surface area (Å²) in [7, 11) is 3.29. The van der Waals surface area contributed by atoms with E-state index in [1.807, 2.05) is 31.0 Å². The number of amides is 1. The van der Waals surface area contributed by atoms with Gasteiger partial charge in [-0.1, -0.05) is 0 Å². The average molecular weight is 495 g/mol. The van der Waals surface area contributed by atoms with Gasteiger partial charge in [0.15, 0.2) is 0 Å². The third-order valence-electron chi connectivity index (χ3n) is 7.73. The van der Waals surface area contributed by atoms with E-state index in [1.54, 1.807) is 17.0 Å². The lowest BCUT2D eigenvalue weighted by Gasteiger charge is -2.34. The summed E-state index contributed by atoms with van der Waals surface area (Å²) >= 11 is 0. The topological polar surface area (TPSA) is 87.9 Å². The molecule has 0 saturated heterocycles. The summed E-state index contributed by atoms with van der Waals surface area (Å²) in [6, 6.07) is 10.3. The van der Waals surface area contributed by atoms with Crippen LogP contribution in [-0.4, -0.2) is 46.9 Å². The van der Waals surface area contributed by atoms with Gasteiger partial charge in [-0.05, 0) is 81.8 Å². The second-order valence-electron chi connectivity index (χ2n) is 9.82. The molecule has 190 valence electrons. The molecule has 2 heterocycles. The number of carbonyl (C=O) groups excluding carboxylic acids is 1. The van der Waals surface area contributed by atoms with Gasteiger partial charge in [-0.3, -0.25) is 9.69 Å². The summed E-state index contributed by atoms with van der Waals surface area (Å²) in [5, 5.41) is 9.48. The molecule has 5 rings (SSSR count). The molecule has 0 spiro atoms. The number of carboxylic acids is 1. The standard InChI is InChI=1S/C27H31FN4O4/c1-16-4-13-21-22(31(16)27(35)36-3)14-15-23-24(21)29-26(30(2)19-11-7-18(28)8-12-19)32(23)20-9-5-17(6-10-20)25(33)34/h7-8,11-12,14-17,20H,4-6,9-10,13H2,1-3H3,(H,33,34)/t16-,17?,20?/m0/s1. The average Bonchev–Trinajstić information content (AvgIpc) is 3.28. The molecule has 1 amide bonds. The van der Waals surface area contributed by atoms with E-state index < -0.39 is 12.1 Å². The first-order valence-corrected chi connectivity index (χ1v) is 12.4. The largest absolute Gasteiger partial charge is 0.481 e. The van der Waals surface area contributed by atoms with E-state index in [4.69, 9.17) is 9.72 Å². The van der Waals surface area contributed by atoms with E-state index >= 15 is 0 Å². The van der Waals surface area contributed by atoms with Crippen LogP contribution in [0.5, 0.6) is 0 Å². The maximum Gasteiger partial charge on any atom is 0.414 e. The van der Waals surface area contributed by atoms with Gasteiger partial charge < -0.3 is 19.3 Å². The van der Waals surface area contributed by atoms with Crippen molar-refractivity contribution in [3.63, 3.8) is 0 Å². The van der Waals surface area contributed by atoms with Crippen molar-refractivity contribution in [3.05, 3.63) is 47.8 Å². The van der Waals surface area contributed by atoms with Gasteiger partial charge in [0, 0.05) is 30.4 Å². The lowest BCUT2D eigenvalue weighted by molar-refractivity contribution is -0.143. The quantitative estimate of drug-likeness (QED) is 0.503. The number of nitrogens with zero attached hydrogens (tertiary/aromatic N) is 4. The third kappa shape index (κ3) is 4.06. The number of ether oxygens (including phenoxy) is 1. The van der Waals surface area contributed by atoms with Crippen molar-refractivity contribution in [2.24, 2.45) is 5.92 Å². The zero-order chi connectivity index (χ0) is 25.6. The molecule has 8 nitrogen and oxygen atoms in total. The minimum absolute atomic E-state index is 0.0112. The Labute approximate surface area is 209 Å². The van der Waals surface area contributed by atoms with Crippen LogP contribution in [0, 0.1) is 11.7 Å². The smallest absolute Gasteiger partial charge is 0.414 e. The number of aliphatic carboxylic acids is 1. The van der Waals surface area contributed by atoms with Gasteiger partial charge in [-0.2, -0.15) is 0 Å². The molecule has 3 aromatic rings. The third-order valence-corrected chi connectivity index (χ3v) is 7.73. The lowest BCUT2D eigenvalue weighted by atomic mass is 9.86. The van der Waals surface area contributed by atoms with Gasteiger partial charge in [-0.15, -0.1) is 0 Å². The van der Waals surface area contributed by atoms with E-state index in [2.05, 4.69) is 4.57 Å². The van der Waals surface area contributed by atoms with Crippen LogP contribution in [0.1, 0.15) is 50.6 Å². The van der Waals surface area contributed by atoms with Gasteiger partial charge in [-0.25, -0.2) is 14.2 Å². The molecule has 1 aliphatic carbocycles. The van der Waals surface area contributed by atoms with Crippen molar-refractivity contribution in [1.29, 1.82) is 0 Å². The van der Waals surface area contributed by atoms with Gasteiger partial charge >= 0.3 is 12.1 Å². The van der Waals surface area contributed by atoms with E-state index in [0.717, 1.165) is 53.7 Å². The maximum atomic E-state index is 13.6. The second kappa shape index (κ2) is 9.44. The highest BCUT2D eigenvalue weighted by molar-refractivity contribution is 5.96. The fourth-order valence-electron chi connectivity index (χ4n) is 5.72. The molecule has 2 aliphatic rings. The maximum absolute atomic E-state index is 13.6. The SMILES string of the molecule is COC(=O)N1c2ccc3c(nc(N(C)c4ccc(F)cc4)n3C3CCC(C(=O)O)CC3)c2CC[C@@H]1C. The van der Waals surface area contributed by atoms with Gasteiger partial charge in [0.1, 0.15) is 5.82 Å². The van der Waals surface area contributed by atoms with E-state index in [1.165, 1.54) is 19.2 Å². The molecule has 2 aromatic carbocycles. The summed E-state index contributed by atoms with van der Waals surface area (Å²) in [4.78, 5) is 32.9. The number of carbonyl (C=O) groups is 2. The van der Waals surface area contributed by atoms with Gasteiger partial charge in [0.05, 0.1) is 29.7 Å². The number of imidazole rings is 1. The summed E-state index contributed by atoms with van der Waals surface area (Å²) in [5.41, 5.74) is 4.39. The lowest BCUT2D eigenvalue weighted by Crippen LogP contribution is -2.42. The van der Waals surface area contributed by atoms with E-state index in [-0.39, 0.29) is 23.8 Å². The number of carboxylic acid groups (broad SMARTS) is 1. The van der Waals surface area contributed by atoms with Gasteiger partial charge in [0.25, 0.3) is 0 Å². The van der Waals surface area contributed by atoms with Crippen molar-refractivity contribution in [2.75, 3.05) is 24.0 Å². The van der Waals surface area contributed by atoms with Crippen molar-refractivity contribution in [2.45, 2.75) is 57.5 Å². The Kier molecular flexibility index (Phi) is 6.32. The monoisotopic (exact) mass is 494 g/mol. The zero-order valence-corrected chi connectivity index (χ0v) is 20.8. The fraction of sp³-hybridized carbons (Fsp3) is 0.444. The summed E-state index contributed by atoms with van der Waals surface area (Å²) < 4.78 is 20.9. The minimum atomic E-state index is -0.737. The molecule has 1 N–H and O–H groups in total. The predicted octanol–water partition coefficient (Wildman–Crippen LogP) is 5.67. The summed E-state index contributed by atoms with van der Waals surface area (Å²) in [5.74, 6) is -0.651. The summed E-state index contributed by atoms with van der Waals surface area (Å²) in [6.07, 6.45) is 3.86. The molecular weight excluding hydrogens is 463 g/mol. The highest BCUT2D eigenvalue weighted by Crippen LogP contribution is 2.42. The number of hydrogen-bond acceptors (Lipinski definition) is 5. The van der Waals surface area contributed by atoms with Crippen molar-refractivity contribution >= 4 is 40.4 Å². The number of fused-ring (bicyclic) bond motifs is 3. The Balaban J connectivity index is 1.65. The Bertz CT molecular complexity index is 1300. The Morgan fingerprint density at radius 3 is 2.42 bits per heavy atom. The summed E-state index contributed by atoms with van der Waals surface area (Å²) in [6.45, 7) is 2.01. The Hall–Kier alpha value is -3.62. The van der Waals surface area contributed by atoms with Crippen LogP contribution < -0.4 is 9.80 Å². The number of aromatic nitrogens is 2. The zero-order valence-electron chi connectivity index (χ0n) is 20.8. The molecule has 0 unspecified atom stereocenters.